The molecule has 0 atom stereocenters. The number of nitrogens with zero attached hydrogens (tertiary/aromatic N) is 1. The maximum Gasteiger partial charge on any atom is 0.253 e. The molecule has 0 saturated heterocycles. The molecular formula is C30H54NO2S. The minimum Gasteiger partial charge on any atom is -0.275 e. The Balaban J connectivity index is 1.66. The molecule has 0 saturated carbocycles. The summed E-state index contributed by atoms with van der Waals surface area (Å²) >= 11 is 4.99. The van der Waals surface area contributed by atoms with E-state index in [1.165, 1.54) is 158 Å². The molecule has 0 bridgehead atoms. The zero-order chi connectivity index (χ0) is 24.5. The Morgan fingerprint density at radius 3 is 0.912 bits per heavy atom. The van der Waals surface area contributed by atoms with E-state index in [0.29, 0.717) is 6.54 Å². The third-order valence-electron chi connectivity index (χ3n) is 7.18. The Bertz CT molecular complexity index is 502. The highest BCUT2D eigenvalue weighted by molar-refractivity contribution is 7.80. The van der Waals surface area contributed by atoms with E-state index in [-0.39, 0.29) is 11.8 Å². The molecule has 1 aliphatic heterocycles. The number of amides is 2. The van der Waals surface area contributed by atoms with E-state index in [4.69, 9.17) is 12.6 Å². The van der Waals surface area contributed by atoms with Gasteiger partial charge in [0.1, 0.15) is 0 Å². The number of carbonyl (C=O) groups is 2. The van der Waals surface area contributed by atoms with Crippen molar-refractivity contribution in [3.63, 3.8) is 0 Å². The van der Waals surface area contributed by atoms with E-state index in [0.717, 1.165) is 18.6 Å². The van der Waals surface area contributed by atoms with Crippen molar-refractivity contribution in [3.8, 4) is 0 Å². The molecule has 4 heteroatoms. The largest absolute Gasteiger partial charge is 0.275 e. The lowest BCUT2D eigenvalue weighted by Crippen LogP contribution is -2.30. The van der Waals surface area contributed by atoms with Crippen LogP contribution < -0.4 is 0 Å². The van der Waals surface area contributed by atoms with Crippen LogP contribution in [0.5, 0.6) is 0 Å². The summed E-state index contributed by atoms with van der Waals surface area (Å²) in [7, 11) is 0. The highest BCUT2D eigenvalue weighted by Crippen LogP contribution is 2.16. The number of carbonyl (C=O) groups excluding carboxylic acids is 2. The molecule has 0 N–H and O–H groups in total. The van der Waals surface area contributed by atoms with Crippen LogP contribution in [0.3, 0.4) is 0 Å². The number of imide groups is 1. The quantitative estimate of drug-likeness (QED) is 0.0890. The van der Waals surface area contributed by atoms with Gasteiger partial charge < -0.3 is 0 Å². The summed E-state index contributed by atoms with van der Waals surface area (Å²) in [4.78, 5) is 24.3. The van der Waals surface area contributed by atoms with Crippen LogP contribution in [0.4, 0.5) is 0 Å². The van der Waals surface area contributed by atoms with Crippen LogP contribution in [0.1, 0.15) is 154 Å². The fourth-order valence-electron chi connectivity index (χ4n) is 4.91. The van der Waals surface area contributed by atoms with Gasteiger partial charge >= 0.3 is 0 Å². The molecule has 0 spiro atoms. The van der Waals surface area contributed by atoms with Crippen molar-refractivity contribution in [2.24, 2.45) is 0 Å². The maximum atomic E-state index is 11.5. The zero-order valence-corrected chi connectivity index (χ0v) is 23.0. The smallest absolute Gasteiger partial charge is 0.253 e. The molecule has 2 amide bonds. The average Bonchev–Trinajstić information content (AvgIpc) is 3.16. The van der Waals surface area contributed by atoms with E-state index in [1.54, 1.807) is 0 Å². The molecule has 0 unspecified atom stereocenters. The van der Waals surface area contributed by atoms with Crippen molar-refractivity contribution in [2.45, 2.75) is 154 Å². The van der Waals surface area contributed by atoms with E-state index in [9.17, 15) is 9.59 Å². The van der Waals surface area contributed by atoms with Crippen LogP contribution in [0.2, 0.25) is 0 Å². The van der Waals surface area contributed by atoms with Crippen molar-refractivity contribution < 1.29 is 9.59 Å². The molecule has 1 rings (SSSR count). The first-order chi connectivity index (χ1) is 16.8. The first-order valence-electron chi connectivity index (χ1n) is 14.9. The maximum absolute atomic E-state index is 11.5. The van der Waals surface area contributed by atoms with E-state index < -0.39 is 0 Å². The second-order valence-electron chi connectivity index (χ2n) is 10.4. The van der Waals surface area contributed by atoms with Crippen LogP contribution in [-0.2, 0) is 9.59 Å². The Hall–Kier alpha value is -0.770. The molecular weight excluding hydrogens is 438 g/mol. The lowest BCUT2D eigenvalue weighted by molar-refractivity contribution is -0.136. The molecule has 0 aromatic heterocycles. The Labute approximate surface area is 217 Å². The third-order valence-corrected chi connectivity index (χ3v) is 7.47. The highest BCUT2D eigenvalue weighted by Gasteiger charge is 2.21. The zero-order valence-electron chi connectivity index (χ0n) is 22.2. The van der Waals surface area contributed by atoms with Crippen molar-refractivity contribution in [1.29, 1.82) is 0 Å². The number of hydrogen-bond acceptors (Lipinski definition) is 2. The van der Waals surface area contributed by atoms with Gasteiger partial charge in [0.15, 0.2) is 0 Å². The van der Waals surface area contributed by atoms with Gasteiger partial charge in [-0.1, -0.05) is 154 Å². The predicted octanol–water partition coefficient (Wildman–Crippen LogP) is 9.47. The summed E-state index contributed by atoms with van der Waals surface area (Å²) in [5.74, 6) is 0.651. The second-order valence-corrected chi connectivity index (χ2v) is 10.8. The Morgan fingerprint density at radius 1 is 0.412 bits per heavy atom. The molecule has 0 aromatic rings. The van der Waals surface area contributed by atoms with Gasteiger partial charge in [0.2, 0.25) is 0 Å². The molecule has 0 aliphatic carbocycles. The summed E-state index contributed by atoms with van der Waals surface area (Å²) in [6, 6.07) is 0. The molecule has 0 aromatic carbocycles. The van der Waals surface area contributed by atoms with Gasteiger partial charge in [-0.3, -0.25) is 14.5 Å². The summed E-state index contributed by atoms with van der Waals surface area (Å²) in [6.45, 7) is 0.585. The van der Waals surface area contributed by atoms with Crippen LogP contribution >= 0.6 is 12.6 Å². The SMILES string of the molecule is O=C1C=CC(=O)N1CCCCCCCCCCCCCCCCCCCCCCCCCC[S]. The highest BCUT2D eigenvalue weighted by atomic mass is 32.1. The van der Waals surface area contributed by atoms with Crippen LogP contribution in [0.15, 0.2) is 12.2 Å². The second kappa shape index (κ2) is 23.9. The van der Waals surface area contributed by atoms with Gasteiger partial charge in [-0.15, -0.1) is 0 Å². The lowest BCUT2D eigenvalue weighted by atomic mass is 10.0. The molecule has 0 fully saturated rings. The summed E-state index contributed by atoms with van der Waals surface area (Å²) in [5, 5.41) is 0. The van der Waals surface area contributed by atoms with Gasteiger partial charge in [-0.05, 0) is 12.8 Å². The fourth-order valence-corrected chi connectivity index (χ4v) is 5.12. The minimum atomic E-state index is -0.146. The van der Waals surface area contributed by atoms with Crippen molar-refractivity contribution in [2.75, 3.05) is 12.3 Å². The average molecular weight is 493 g/mol. The number of unbranched alkanes of at least 4 members (excludes halogenated alkanes) is 23. The monoisotopic (exact) mass is 492 g/mol. The molecule has 197 valence electrons. The van der Waals surface area contributed by atoms with Crippen molar-refractivity contribution in [3.05, 3.63) is 12.2 Å². The van der Waals surface area contributed by atoms with Crippen molar-refractivity contribution >= 4 is 24.4 Å². The van der Waals surface area contributed by atoms with E-state index in [2.05, 4.69) is 0 Å². The Kier molecular flexibility index (Phi) is 22.0. The first kappa shape index (κ1) is 31.3. The summed E-state index contributed by atoms with van der Waals surface area (Å²) < 4.78 is 0. The van der Waals surface area contributed by atoms with Crippen molar-refractivity contribution in [1.82, 2.24) is 4.90 Å². The predicted molar refractivity (Wildman–Crippen MR) is 149 cm³/mol. The van der Waals surface area contributed by atoms with Gasteiger partial charge in [0, 0.05) is 24.4 Å². The molecule has 34 heavy (non-hydrogen) atoms. The van der Waals surface area contributed by atoms with E-state index in [1.807, 2.05) is 0 Å². The molecule has 1 radical (unpaired) electrons. The van der Waals surface area contributed by atoms with Gasteiger partial charge in [0.05, 0.1) is 0 Å². The summed E-state index contributed by atoms with van der Waals surface area (Å²) in [5.41, 5.74) is 0. The minimum absolute atomic E-state index is 0.146. The number of hydrogen-bond donors (Lipinski definition) is 0. The van der Waals surface area contributed by atoms with Gasteiger partial charge in [-0.25, -0.2) is 0 Å². The van der Waals surface area contributed by atoms with Gasteiger partial charge in [-0.2, -0.15) is 0 Å². The molecule has 3 nitrogen and oxygen atoms in total. The third kappa shape index (κ3) is 18.5. The topological polar surface area (TPSA) is 37.4 Å². The summed E-state index contributed by atoms with van der Waals surface area (Å²) in [6.07, 6.45) is 35.5. The van der Waals surface area contributed by atoms with Crippen LogP contribution in [-0.4, -0.2) is 29.0 Å². The standard InChI is InChI=1S/C30H54NO2S/c32-29-25-26-30(33)31(29)27-23-21-19-17-15-13-11-9-7-5-3-1-2-4-6-8-10-12-14-16-18-20-22-24-28-34/h25-26H,1-24,27-28H2. The van der Waals surface area contributed by atoms with Crippen LogP contribution in [0, 0.1) is 0 Å². The lowest BCUT2D eigenvalue weighted by Gasteiger charge is -2.12. The normalized spacial score (nSPS) is 13.5. The first-order valence-corrected chi connectivity index (χ1v) is 15.4. The van der Waals surface area contributed by atoms with Crippen LogP contribution in [0.25, 0.3) is 0 Å². The van der Waals surface area contributed by atoms with E-state index >= 15 is 0 Å². The number of rotatable bonds is 26. The van der Waals surface area contributed by atoms with Gasteiger partial charge in [0.25, 0.3) is 11.8 Å². The molecule has 1 heterocycles. The Morgan fingerprint density at radius 2 is 0.647 bits per heavy atom. The fraction of sp³-hybridized carbons (Fsp3) is 0.867. The molecule has 1 aliphatic rings.